The van der Waals surface area contributed by atoms with Crippen molar-refractivity contribution in [1.29, 1.82) is 0 Å². The molecule has 4 nitrogen and oxygen atoms in total. The number of hydrogen-bond acceptors (Lipinski definition) is 3. The standard InChI is InChI=1S/C18H20Cl2N2O2S/c1-12(10-13-5-6-14(19)11-15(13)20)17(23)21-7-3-8-22-18(24)16-4-2-9-25-16/h2,4-6,9,11-12H,3,7-8,10H2,1H3,(H,21,23)(H,22,24). The number of carbonyl (C=O) groups is 2. The topological polar surface area (TPSA) is 58.2 Å². The van der Waals surface area contributed by atoms with E-state index in [0.717, 1.165) is 5.56 Å². The molecule has 0 radical (unpaired) electrons. The van der Waals surface area contributed by atoms with Gasteiger partial charge in [-0.05, 0) is 42.0 Å². The molecule has 1 atom stereocenters. The van der Waals surface area contributed by atoms with E-state index >= 15 is 0 Å². The Hall–Kier alpha value is -1.56. The molecule has 134 valence electrons. The van der Waals surface area contributed by atoms with Gasteiger partial charge in [-0.3, -0.25) is 9.59 Å². The predicted molar refractivity (Wildman–Crippen MR) is 104 cm³/mol. The minimum Gasteiger partial charge on any atom is -0.356 e. The molecule has 0 fully saturated rings. The van der Waals surface area contributed by atoms with Gasteiger partial charge >= 0.3 is 0 Å². The van der Waals surface area contributed by atoms with E-state index in [0.29, 0.717) is 40.9 Å². The van der Waals surface area contributed by atoms with Crippen molar-refractivity contribution in [3.63, 3.8) is 0 Å². The van der Waals surface area contributed by atoms with Crippen molar-refractivity contribution < 1.29 is 9.59 Å². The molecule has 0 saturated carbocycles. The summed E-state index contributed by atoms with van der Waals surface area (Å²) in [5.74, 6) is -0.304. The van der Waals surface area contributed by atoms with Crippen molar-refractivity contribution in [2.24, 2.45) is 5.92 Å². The van der Waals surface area contributed by atoms with Crippen LogP contribution in [0.4, 0.5) is 0 Å². The summed E-state index contributed by atoms with van der Waals surface area (Å²) in [5.41, 5.74) is 0.900. The van der Waals surface area contributed by atoms with Gasteiger partial charge in [-0.1, -0.05) is 42.3 Å². The Kier molecular flexibility index (Phi) is 7.75. The quantitative estimate of drug-likeness (QED) is 0.655. The fourth-order valence-corrected chi connectivity index (χ4v) is 3.41. The first kappa shape index (κ1) is 19.8. The van der Waals surface area contributed by atoms with Crippen molar-refractivity contribution in [2.75, 3.05) is 13.1 Å². The van der Waals surface area contributed by atoms with E-state index in [4.69, 9.17) is 23.2 Å². The molecule has 0 saturated heterocycles. The summed E-state index contributed by atoms with van der Waals surface area (Å²) in [5, 5.41) is 8.73. The third-order valence-electron chi connectivity index (χ3n) is 3.67. The highest BCUT2D eigenvalue weighted by Gasteiger charge is 2.15. The summed E-state index contributed by atoms with van der Waals surface area (Å²) in [7, 11) is 0. The second-order valence-corrected chi connectivity index (χ2v) is 7.51. The lowest BCUT2D eigenvalue weighted by atomic mass is 10.0. The normalized spacial score (nSPS) is 11.8. The van der Waals surface area contributed by atoms with Crippen LogP contribution in [0, 0.1) is 5.92 Å². The maximum atomic E-state index is 12.1. The first-order valence-electron chi connectivity index (χ1n) is 8.00. The van der Waals surface area contributed by atoms with Crippen molar-refractivity contribution in [1.82, 2.24) is 10.6 Å². The number of nitrogens with one attached hydrogen (secondary N) is 2. The van der Waals surface area contributed by atoms with Crippen LogP contribution in [0.5, 0.6) is 0 Å². The lowest BCUT2D eigenvalue weighted by Gasteiger charge is -2.13. The summed E-state index contributed by atoms with van der Waals surface area (Å²) < 4.78 is 0. The van der Waals surface area contributed by atoms with Gasteiger partial charge in [0.05, 0.1) is 4.88 Å². The van der Waals surface area contributed by atoms with Crippen LogP contribution in [-0.4, -0.2) is 24.9 Å². The van der Waals surface area contributed by atoms with Gasteiger partial charge in [-0.25, -0.2) is 0 Å². The molecule has 0 bridgehead atoms. The SMILES string of the molecule is CC(Cc1ccc(Cl)cc1Cl)C(=O)NCCCNC(=O)c1cccs1. The average molecular weight is 399 g/mol. The molecule has 0 aliphatic heterocycles. The van der Waals surface area contributed by atoms with Crippen LogP contribution in [0.15, 0.2) is 35.7 Å². The Morgan fingerprint density at radius 3 is 2.60 bits per heavy atom. The molecule has 2 rings (SSSR count). The van der Waals surface area contributed by atoms with Crippen molar-refractivity contribution in [2.45, 2.75) is 19.8 Å². The highest BCUT2D eigenvalue weighted by atomic mass is 35.5. The number of rotatable bonds is 8. The zero-order chi connectivity index (χ0) is 18.2. The van der Waals surface area contributed by atoms with Crippen LogP contribution in [0.3, 0.4) is 0 Å². The van der Waals surface area contributed by atoms with Crippen molar-refractivity contribution >= 4 is 46.4 Å². The van der Waals surface area contributed by atoms with Gasteiger partial charge in [0.25, 0.3) is 5.91 Å². The van der Waals surface area contributed by atoms with Gasteiger partial charge in [-0.2, -0.15) is 0 Å². The van der Waals surface area contributed by atoms with E-state index in [2.05, 4.69) is 10.6 Å². The Bertz CT molecular complexity index is 720. The zero-order valence-electron chi connectivity index (χ0n) is 13.9. The lowest BCUT2D eigenvalue weighted by Crippen LogP contribution is -2.33. The molecule has 7 heteroatoms. The second-order valence-electron chi connectivity index (χ2n) is 5.72. The predicted octanol–water partition coefficient (Wildman–Crippen LogP) is 4.17. The molecular weight excluding hydrogens is 379 g/mol. The van der Waals surface area contributed by atoms with E-state index < -0.39 is 0 Å². The zero-order valence-corrected chi connectivity index (χ0v) is 16.2. The molecule has 1 aromatic heterocycles. The van der Waals surface area contributed by atoms with Crippen molar-refractivity contribution in [3.05, 3.63) is 56.2 Å². The molecule has 2 aromatic rings. The van der Waals surface area contributed by atoms with E-state index in [1.165, 1.54) is 11.3 Å². The van der Waals surface area contributed by atoms with Crippen LogP contribution < -0.4 is 10.6 Å². The third kappa shape index (κ3) is 6.34. The highest BCUT2D eigenvalue weighted by molar-refractivity contribution is 7.12. The Balaban J connectivity index is 1.66. The minimum absolute atomic E-state index is 0.0319. The van der Waals surface area contributed by atoms with Crippen LogP contribution in [-0.2, 0) is 11.2 Å². The first-order chi connectivity index (χ1) is 12.0. The van der Waals surface area contributed by atoms with Gasteiger partial charge < -0.3 is 10.6 Å². The van der Waals surface area contributed by atoms with E-state index in [1.54, 1.807) is 18.2 Å². The number of carbonyl (C=O) groups excluding carboxylic acids is 2. The van der Waals surface area contributed by atoms with Crippen LogP contribution in [0.25, 0.3) is 0 Å². The molecule has 0 aliphatic rings. The minimum atomic E-state index is -0.195. The molecule has 2 amide bonds. The Morgan fingerprint density at radius 2 is 1.92 bits per heavy atom. The molecule has 0 spiro atoms. The van der Waals surface area contributed by atoms with Crippen LogP contribution in [0.2, 0.25) is 10.0 Å². The van der Waals surface area contributed by atoms with E-state index in [-0.39, 0.29) is 17.7 Å². The summed E-state index contributed by atoms with van der Waals surface area (Å²) in [6.07, 6.45) is 1.23. The number of hydrogen-bond donors (Lipinski definition) is 2. The van der Waals surface area contributed by atoms with E-state index in [1.807, 2.05) is 24.4 Å². The molecule has 1 aromatic carbocycles. The van der Waals surface area contributed by atoms with Crippen molar-refractivity contribution in [3.8, 4) is 0 Å². The van der Waals surface area contributed by atoms with Crippen LogP contribution >= 0.6 is 34.5 Å². The number of amides is 2. The summed E-state index contributed by atoms with van der Waals surface area (Å²) in [6, 6.07) is 8.91. The summed E-state index contributed by atoms with van der Waals surface area (Å²) in [6.45, 7) is 2.90. The summed E-state index contributed by atoms with van der Waals surface area (Å²) in [4.78, 5) is 24.6. The van der Waals surface area contributed by atoms with Gasteiger partial charge in [0.15, 0.2) is 0 Å². The number of halogens is 2. The summed E-state index contributed by atoms with van der Waals surface area (Å²) >= 11 is 13.4. The van der Waals surface area contributed by atoms with Crippen LogP contribution in [0.1, 0.15) is 28.6 Å². The smallest absolute Gasteiger partial charge is 0.261 e. The number of benzene rings is 1. The molecule has 1 unspecified atom stereocenters. The fraction of sp³-hybridized carbons (Fsp3) is 0.333. The number of thiophene rings is 1. The monoisotopic (exact) mass is 398 g/mol. The molecule has 2 N–H and O–H groups in total. The average Bonchev–Trinajstić information content (AvgIpc) is 3.11. The second kappa shape index (κ2) is 9.80. The Morgan fingerprint density at radius 1 is 1.16 bits per heavy atom. The van der Waals surface area contributed by atoms with Gasteiger partial charge in [0.1, 0.15) is 0 Å². The highest BCUT2D eigenvalue weighted by Crippen LogP contribution is 2.23. The van der Waals surface area contributed by atoms with Gasteiger partial charge in [-0.15, -0.1) is 11.3 Å². The fourth-order valence-electron chi connectivity index (χ4n) is 2.28. The molecule has 1 heterocycles. The first-order valence-corrected chi connectivity index (χ1v) is 9.64. The largest absolute Gasteiger partial charge is 0.356 e. The maximum absolute atomic E-state index is 12.1. The van der Waals surface area contributed by atoms with Gasteiger partial charge in [0, 0.05) is 29.1 Å². The van der Waals surface area contributed by atoms with E-state index in [9.17, 15) is 9.59 Å². The molecule has 25 heavy (non-hydrogen) atoms. The third-order valence-corrected chi connectivity index (χ3v) is 5.13. The Labute approximate surface area is 161 Å². The molecule has 0 aliphatic carbocycles. The van der Waals surface area contributed by atoms with Gasteiger partial charge in [0.2, 0.25) is 5.91 Å². The lowest BCUT2D eigenvalue weighted by molar-refractivity contribution is -0.124. The molecular formula is C18H20Cl2N2O2S. The maximum Gasteiger partial charge on any atom is 0.261 e.